The van der Waals surface area contributed by atoms with Gasteiger partial charge >= 0.3 is 0 Å². The predicted molar refractivity (Wildman–Crippen MR) is 63.9 cm³/mol. The number of hydrogen-bond acceptors (Lipinski definition) is 3. The van der Waals surface area contributed by atoms with Crippen LogP contribution in [0.3, 0.4) is 0 Å². The Morgan fingerprint density at radius 2 is 1.72 bits per heavy atom. The highest BCUT2D eigenvalue weighted by molar-refractivity contribution is 8.14. The summed E-state index contributed by atoms with van der Waals surface area (Å²) in [7, 11) is 0. The van der Waals surface area contributed by atoms with Crippen LogP contribution in [0.5, 0.6) is 0 Å². The first-order valence-electron chi connectivity index (χ1n) is 5.13. The molecule has 0 aromatic heterocycles. The molecule has 2 rings (SSSR count). The number of benzene rings is 1. The second kappa shape index (κ2) is 4.46. The Hall–Kier alpha value is -1.24. The fraction of sp³-hybridized carbons (Fsp3) is 0.364. The second-order valence-electron chi connectivity index (χ2n) is 4.49. The number of aliphatic imine (C=N–C) groups is 1. The van der Waals surface area contributed by atoms with Crippen molar-refractivity contribution < 1.29 is 17.6 Å². The first-order chi connectivity index (χ1) is 8.30. The molecule has 18 heavy (non-hydrogen) atoms. The Morgan fingerprint density at radius 3 is 2.17 bits per heavy atom. The molecule has 0 saturated carbocycles. The van der Waals surface area contributed by atoms with Gasteiger partial charge in [-0.25, -0.2) is 17.6 Å². The molecule has 1 heterocycles. The van der Waals surface area contributed by atoms with E-state index in [0.29, 0.717) is 5.75 Å². The number of thioether (sulfide) groups is 1. The zero-order chi connectivity index (χ0) is 13.5. The maximum Gasteiger partial charge on any atom is 0.185 e. The molecule has 1 aromatic carbocycles. The van der Waals surface area contributed by atoms with Gasteiger partial charge in [0.1, 0.15) is 5.69 Å². The van der Waals surface area contributed by atoms with E-state index in [4.69, 9.17) is 0 Å². The van der Waals surface area contributed by atoms with Gasteiger partial charge < -0.3 is 5.32 Å². The molecule has 1 aliphatic rings. The summed E-state index contributed by atoms with van der Waals surface area (Å²) >= 11 is 1.23. The van der Waals surface area contributed by atoms with Gasteiger partial charge in [0.25, 0.3) is 0 Å². The average molecular weight is 278 g/mol. The van der Waals surface area contributed by atoms with Crippen LogP contribution in [0.2, 0.25) is 0 Å². The van der Waals surface area contributed by atoms with E-state index in [-0.39, 0.29) is 16.8 Å². The quantitative estimate of drug-likeness (QED) is 0.627. The van der Waals surface area contributed by atoms with Crippen LogP contribution in [0, 0.1) is 23.3 Å². The molecule has 0 unspecified atom stereocenters. The second-order valence-corrected chi connectivity index (χ2v) is 5.45. The molecule has 0 radical (unpaired) electrons. The van der Waals surface area contributed by atoms with Crippen LogP contribution in [-0.2, 0) is 0 Å². The third kappa shape index (κ3) is 2.45. The zero-order valence-electron chi connectivity index (χ0n) is 9.65. The summed E-state index contributed by atoms with van der Waals surface area (Å²) in [6.07, 6.45) is 0. The molecule has 0 atom stereocenters. The minimum absolute atomic E-state index is 0.170. The maximum absolute atomic E-state index is 13.4. The van der Waals surface area contributed by atoms with Crippen molar-refractivity contribution >= 4 is 22.6 Å². The van der Waals surface area contributed by atoms with Gasteiger partial charge in [-0.15, -0.1) is 0 Å². The third-order valence-corrected chi connectivity index (χ3v) is 3.63. The predicted octanol–water partition coefficient (Wildman–Crippen LogP) is 3.54. The molecule has 0 amide bonds. The largest absolute Gasteiger partial charge is 0.330 e. The molecular formula is C11H10F4N2S. The summed E-state index contributed by atoms with van der Waals surface area (Å²) in [4.78, 5) is 4.15. The normalized spacial score (nSPS) is 17.8. The van der Waals surface area contributed by atoms with E-state index in [2.05, 4.69) is 10.3 Å². The van der Waals surface area contributed by atoms with Gasteiger partial charge in [-0.1, -0.05) is 11.8 Å². The van der Waals surface area contributed by atoms with Crippen LogP contribution in [0.4, 0.5) is 23.2 Å². The minimum atomic E-state index is -1.46. The van der Waals surface area contributed by atoms with Gasteiger partial charge in [0.2, 0.25) is 0 Å². The van der Waals surface area contributed by atoms with Crippen molar-refractivity contribution in [3.05, 3.63) is 29.3 Å². The SMILES string of the molecule is CC1(C)CSC(Nc2c(F)c(F)cc(F)c2F)=N1. The number of rotatable bonds is 1. The number of halogens is 4. The summed E-state index contributed by atoms with van der Waals surface area (Å²) in [5.74, 6) is -5.18. The Bertz CT molecular complexity index is 502. The average Bonchev–Trinajstić information content (AvgIpc) is 2.62. The lowest BCUT2D eigenvalue weighted by Crippen LogP contribution is -2.16. The number of anilines is 1. The van der Waals surface area contributed by atoms with Gasteiger partial charge in [0.15, 0.2) is 28.4 Å². The van der Waals surface area contributed by atoms with Gasteiger partial charge in [-0.2, -0.15) is 0 Å². The summed E-state index contributed by atoms with van der Waals surface area (Å²) in [5, 5.41) is 2.54. The molecule has 1 aromatic rings. The maximum atomic E-state index is 13.4. The lowest BCUT2D eigenvalue weighted by molar-refractivity contribution is 0.459. The zero-order valence-corrected chi connectivity index (χ0v) is 10.5. The molecule has 1 aliphatic heterocycles. The van der Waals surface area contributed by atoms with E-state index in [1.54, 1.807) is 0 Å². The van der Waals surface area contributed by atoms with Crippen LogP contribution < -0.4 is 5.32 Å². The number of nitrogens with one attached hydrogen (secondary N) is 1. The van der Waals surface area contributed by atoms with Gasteiger partial charge in [0.05, 0.1) is 5.54 Å². The molecule has 0 spiro atoms. The van der Waals surface area contributed by atoms with Crippen LogP contribution in [0.15, 0.2) is 11.1 Å². The number of nitrogens with zero attached hydrogens (tertiary/aromatic N) is 1. The molecule has 98 valence electrons. The van der Waals surface area contributed by atoms with Crippen molar-refractivity contribution in [1.29, 1.82) is 0 Å². The van der Waals surface area contributed by atoms with E-state index in [0.717, 1.165) is 0 Å². The van der Waals surface area contributed by atoms with Gasteiger partial charge in [0, 0.05) is 11.8 Å². The van der Waals surface area contributed by atoms with Crippen molar-refractivity contribution in [1.82, 2.24) is 0 Å². The van der Waals surface area contributed by atoms with Crippen molar-refractivity contribution in [3.8, 4) is 0 Å². The Morgan fingerprint density at radius 1 is 1.17 bits per heavy atom. The molecule has 2 nitrogen and oxygen atoms in total. The van der Waals surface area contributed by atoms with Gasteiger partial charge in [-0.3, -0.25) is 4.99 Å². The van der Waals surface area contributed by atoms with E-state index in [1.807, 2.05) is 13.8 Å². The van der Waals surface area contributed by atoms with E-state index in [1.165, 1.54) is 11.8 Å². The minimum Gasteiger partial charge on any atom is -0.330 e. The Balaban J connectivity index is 2.36. The molecule has 7 heteroatoms. The molecule has 0 bridgehead atoms. The molecule has 0 aliphatic carbocycles. The van der Waals surface area contributed by atoms with Crippen LogP contribution >= 0.6 is 11.8 Å². The molecule has 0 saturated heterocycles. The smallest absolute Gasteiger partial charge is 0.185 e. The fourth-order valence-electron chi connectivity index (χ4n) is 1.44. The summed E-state index contributed by atoms with van der Waals surface area (Å²) in [6.45, 7) is 3.68. The molecule has 1 N–H and O–H groups in total. The van der Waals surface area contributed by atoms with Crippen LogP contribution in [0.25, 0.3) is 0 Å². The monoisotopic (exact) mass is 278 g/mol. The summed E-state index contributed by atoms with van der Waals surface area (Å²) < 4.78 is 52.7. The van der Waals surface area contributed by atoms with Crippen molar-refractivity contribution in [2.45, 2.75) is 19.4 Å². The van der Waals surface area contributed by atoms with E-state index < -0.39 is 29.0 Å². The summed E-state index contributed by atoms with van der Waals surface area (Å²) in [5.41, 5.74) is -1.22. The van der Waals surface area contributed by atoms with Crippen molar-refractivity contribution in [3.63, 3.8) is 0 Å². The third-order valence-electron chi connectivity index (χ3n) is 2.31. The molecular weight excluding hydrogens is 268 g/mol. The van der Waals surface area contributed by atoms with E-state index >= 15 is 0 Å². The van der Waals surface area contributed by atoms with Crippen molar-refractivity contribution in [2.75, 3.05) is 11.1 Å². The van der Waals surface area contributed by atoms with Crippen molar-refractivity contribution in [2.24, 2.45) is 4.99 Å². The van der Waals surface area contributed by atoms with Crippen LogP contribution in [0.1, 0.15) is 13.8 Å². The number of hydrogen-bond donors (Lipinski definition) is 1. The Kier molecular flexibility index (Phi) is 3.27. The highest BCUT2D eigenvalue weighted by Crippen LogP contribution is 2.30. The molecule has 0 fully saturated rings. The van der Waals surface area contributed by atoms with Crippen LogP contribution in [-0.4, -0.2) is 16.5 Å². The highest BCUT2D eigenvalue weighted by atomic mass is 32.2. The first kappa shape index (κ1) is 13.2. The van der Waals surface area contributed by atoms with Gasteiger partial charge in [-0.05, 0) is 13.8 Å². The first-order valence-corrected chi connectivity index (χ1v) is 6.11. The summed E-state index contributed by atoms with van der Waals surface area (Å²) in [6, 6.07) is 0.170. The van der Waals surface area contributed by atoms with E-state index in [9.17, 15) is 17.6 Å². The standard InChI is InChI=1S/C11H10F4N2S/c1-11(2)4-18-10(17-11)16-9-7(14)5(12)3-6(13)8(9)15/h3H,4H2,1-2H3,(H,16,17). The topological polar surface area (TPSA) is 24.4 Å². The lowest BCUT2D eigenvalue weighted by atomic mass is 10.1. The fourth-order valence-corrected chi connectivity index (χ4v) is 2.48. The lowest BCUT2D eigenvalue weighted by Gasteiger charge is -2.10. The highest BCUT2D eigenvalue weighted by Gasteiger charge is 2.27. The Labute approximate surface area is 105 Å². The number of amidine groups is 1.